The molecule has 3 aromatic carbocycles. The number of nitrogens with one attached hydrogen (secondary N) is 1. The average molecular weight is 348 g/mol. The zero-order valence-corrected chi connectivity index (χ0v) is 14.7. The van der Waals surface area contributed by atoms with Gasteiger partial charge in [0, 0.05) is 23.6 Å². The van der Waals surface area contributed by atoms with Crippen LogP contribution in [0.15, 0.2) is 59.7 Å². The van der Waals surface area contributed by atoms with Crippen LogP contribution in [0.5, 0.6) is 17.2 Å². The van der Waals surface area contributed by atoms with Crippen molar-refractivity contribution in [2.75, 3.05) is 14.2 Å². The van der Waals surface area contributed by atoms with Crippen molar-refractivity contribution in [1.82, 2.24) is 5.43 Å². The molecule has 0 spiro atoms. The molecule has 0 amide bonds. The van der Waals surface area contributed by atoms with E-state index >= 15 is 0 Å². The molecule has 1 atom stereocenters. The van der Waals surface area contributed by atoms with E-state index in [2.05, 4.69) is 28.7 Å². The molecule has 1 aliphatic rings. The van der Waals surface area contributed by atoms with Gasteiger partial charge in [-0.2, -0.15) is 5.10 Å². The lowest BCUT2D eigenvalue weighted by Gasteiger charge is -2.17. The minimum atomic E-state index is -0.0208. The highest BCUT2D eigenvalue weighted by molar-refractivity contribution is 6.04. The average Bonchev–Trinajstić information content (AvgIpc) is 3.16. The summed E-state index contributed by atoms with van der Waals surface area (Å²) >= 11 is 0. The van der Waals surface area contributed by atoms with Gasteiger partial charge < -0.3 is 20.0 Å². The number of rotatable bonds is 4. The van der Waals surface area contributed by atoms with Crippen molar-refractivity contribution in [3.05, 3.63) is 65.7 Å². The molecule has 5 nitrogen and oxygen atoms in total. The van der Waals surface area contributed by atoms with Crippen molar-refractivity contribution in [3.63, 3.8) is 0 Å². The molecule has 0 aromatic heterocycles. The number of hydrogen-bond acceptors (Lipinski definition) is 5. The van der Waals surface area contributed by atoms with E-state index in [-0.39, 0.29) is 11.8 Å². The quantitative estimate of drug-likeness (QED) is 0.748. The SMILES string of the molecule is COc1ccc(C2=NNC(c3c(OC)ccc4ccccc34)C2)c(O)c1. The lowest BCUT2D eigenvalue weighted by atomic mass is 9.93. The van der Waals surface area contributed by atoms with E-state index in [4.69, 9.17) is 9.47 Å². The Morgan fingerprint density at radius 3 is 2.65 bits per heavy atom. The van der Waals surface area contributed by atoms with Gasteiger partial charge in [0.1, 0.15) is 17.2 Å². The summed E-state index contributed by atoms with van der Waals surface area (Å²) in [5.74, 6) is 1.61. The van der Waals surface area contributed by atoms with E-state index in [0.717, 1.165) is 27.8 Å². The highest BCUT2D eigenvalue weighted by atomic mass is 16.5. The van der Waals surface area contributed by atoms with Gasteiger partial charge in [0.15, 0.2) is 0 Å². The molecule has 0 aliphatic carbocycles. The summed E-state index contributed by atoms with van der Waals surface area (Å²) in [5, 5.41) is 17.1. The number of fused-ring (bicyclic) bond motifs is 1. The van der Waals surface area contributed by atoms with Crippen molar-refractivity contribution in [3.8, 4) is 17.2 Å². The molecular weight excluding hydrogens is 328 g/mol. The summed E-state index contributed by atoms with van der Waals surface area (Å²) < 4.78 is 10.8. The van der Waals surface area contributed by atoms with Gasteiger partial charge in [-0.15, -0.1) is 0 Å². The monoisotopic (exact) mass is 348 g/mol. The van der Waals surface area contributed by atoms with Crippen LogP contribution >= 0.6 is 0 Å². The van der Waals surface area contributed by atoms with Crippen molar-refractivity contribution >= 4 is 16.5 Å². The number of benzene rings is 3. The van der Waals surface area contributed by atoms with Gasteiger partial charge in [-0.25, -0.2) is 0 Å². The van der Waals surface area contributed by atoms with Gasteiger partial charge >= 0.3 is 0 Å². The zero-order valence-electron chi connectivity index (χ0n) is 14.7. The van der Waals surface area contributed by atoms with Gasteiger partial charge in [0.2, 0.25) is 0 Å². The molecule has 3 aromatic rings. The summed E-state index contributed by atoms with van der Waals surface area (Å²) in [7, 11) is 3.26. The standard InChI is InChI=1S/C21H20N2O3/c1-25-14-8-9-16(19(24)11-14)17-12-18(23-22-17)21-15-6-4-3-5-13(15)7-10-20(21)26-2/h3-11,18,23-24H,12H2,1-2H3. The van der Waals surface area contributed by atoms with Gasteiger partial charge in [-0.05, 0) is 29.0 Å². The molecule has 132 valence electrons. The van der Waals surface area contributed by atoms with Crippen LogP contribution in [0.3, 0.4) is 0 Å². The van der Waals surface area contributed by atoms with Gasteiger partial charge in [-0.3, -0.25) is 0 Å². The lowest BCUT2D eigenvalue weighted by molar-refractivity contribution is 0.404. The molecule has 0 radical (unpaired) electrons. The Bertz CT molecular complexity index is 998. The molecule has 0 fully saturated rings. The second-order valence-electron chi connectivity index (χ2n) is 6.23. The van der Waals surface area contributed by atoms with Crippen molar-refractivity contribution in [2.24, 2.45) is 5.10 Å². The Kier molecular flexibility index (Phi) is 4.13. The number of nitrogens with zero attached hydrogens (tertiary/aromatic N) is 1. The zero-order chi connectivity index (χ0) is 18.1. The van der Waals surface area contributed by atoms with Crippen LogP contribution in [0.4, 0.5) is 0 Å². The smallest absolute Gasteiger partial charge is 0.128 e. The Hall–Kier alpha value is -3.21. The Labute approximate surface area is 151 Å². The first kappa shape index (κ1) is 16.3. The molecule has 1 heterocycles. The van der Waals surface area contributed by atoms with Gasteiger partial charge in [0.05, 0.1) is 26.0 Å². The number of phenolic OH excluding ortho intramolecular Hbond substituents is 1. The van der Waals surface area contributed by atoms with Gasteiger partial charge in [0.25, 0.3) is 0 Å². The second-order valence-corrected chi connectivity index (χ2v) is 6.23. The molecule has 4 rings (SSSR count). The highest BCUT2D eigenvalue weighted by Gasteiger charge is 2.27. The van der Waals surface area contributed by atoms with Crippen LogP contribution in [-0.4, -0.2) is 25.0 Å². The topological polar surface area (TPSA) is 63.1 Å². The molecule has 0 saturated heterocycles. The first-order valence-corrected chi connectivity index (χ1v) is 8.46. The van der Waals surface area contributed by atoms with Crippen molar-refractivity contribution in [1.29, 1.82) is 0 Å². The predicted octanol–water partition coefficient (Wildman–Crippen LogP) is 4.00. The third-order valence-electron chi connectivity index (χ3n) is 4.77. The maximum Gasteiger partial charge on any atom is 0.128 e. The minimum Gasteiger partial charge on any atom is -0.507 e. The fourth-order valence-corrected chi connectivity index (χ4v) is 3.47. The van der Waals surface area contributed by atoms with Crippen LogP contribution in [0.2, 0.25) is 0 Å². The maximum absolute atomic E-state index is 10.3. The molecule has 1 aliphatic heterocycles. The number of aromatic hydroxyl groups is 1. The molecule has 0 bridgehead atoms. The first-order valence-electron chi connectivity index (χ1n) is 8.46. The largest absolute Gasteiger partial charge is 0.507 e. The molecule has 0 saturated carbocycles. The Balaban J connectivity index is 1.70. The first-order chi connectivity index (χ1) is 12.7. The van der Waals surface area contributed by atoms with Crippen LogP contribution < -0.4 is 14.9 Å². The Morgan fingerprint density at radius 1 is 1.04 bits per heavy atom. The fraction of sp³-hybridized carbons (Fsp3) is 0.190. The fourth-order valence-electron chi connectivity index (χ4n) is 3.47. The number of hydrogen-bond donors (Lipinski definition) is 2. The summed E-state index contributed by atoms with van der Waals surface area (Å²) in [6.07, 6.45) is 0.657. The predicted molar refractivity (Wildman–Crippen MR) is 102 cm³/mol. The number of methoxy groups -OCH3 is 2. The van der Waals surface area contributed by atoms with Crippen LogP contribution in [0.1, 0.15) is 23.6 Å². The van der Waals surface area contributed by atoms with E-state index in [0.29, 0.717) is 17.7 Å². The lowest BCUT2D eigenvalue weighted by Crippen LogP contribution is -2.12. The third-order valence-corrected chi connectivity index (χ3v) is 4.77. The van der Waals surface area contributed by atoms with E-state index in [9.17, 15) is 5.11 Å². The number of hydrazone groups is 1. The minimum absolute atomic E-state index is 0.0208. The van der Waals surface area contributed by atoms with Crippen LogP contribution in [-0.2, 0) is 0 Å². The maximum atomic E-state index is 10.3. The summed E-state index contributed by atoms with van der Waals surface area (Å²) in [5.41, 5.74) is 5.81. The number of phenols is 1. The molecule has 1 unspecified atom stereocenters. The summed E-state index contributed by atoms with van der Waals surface area (Å²) in [6, 6.07) is 17.5. The Morgan fingerprint density at radius 2 is 1.88 bits per heavy atom. The van der Waals surface area contributed by atoms with Gasteiger partial charge in [-0.1, -0.05) is 30.3 Å². The van der Waals surface area contributed by atoms with Crippen molar-refractivity contribution in [2.45, 2.75) is 12.5 Å². The molecule has 26 heavy (non-hydrogen) atoms. The van der Waals surface area contributed by atoms with Crippen molar-refractivity contribution < 1.29 is 14.6 Å². The summed E-state index contributed by atoms with van der Waals surface area (Å²) in [4.78, 5) is 0. The van der Waals surface area contributed by atoms with E-state index in [1.54, 1.807) is 20.3 Å². The van der Waals surface area contributed by atoms with E-state index < -0.39 is 0 Å². The van der Waals surface area contributed by atoms with E-state index in [1.807, 2.05) is 30.3 Å². The molecular formula is C21H20N2O3. The molecule has 5 heteroatoms. The van der Waals surface area contributed by atoms with Crippen LogP contribution in [0.25, 0.3) is 10.8 Å². The summed E-state index contributed by atoms with van der Waals surface area (Å²) in [6.45, 7) is 0. The van der Waals surface area contributed by atoms with E-state index in [1.165, 1.54) is 0 Å². The molecule has 2 N–H and O–H groups in total. The normalized spacial score (nSPS) is 16.2. The third kappa shape index (κ3) is 2.71. The van der Waals surface area contributed by atoms with Crippen LogP contribution in [0, 0.1) is 0 Å². The highest BCUT2D eigenvalue weighted by Crippen LogP contribution is 2.38. The second kappa shape index (κ2) is 6.59. The number of ether oxygens (including phenoxy) is 2.